The van der Waals surface area contributed by atoms with Crippen molar-refractivity contribution in [3.8, 4) is 0 Å². The van der Waals surface area contributed by atoms with Gasteiger partial charge >= 0.3 is 0 Å². The zero-order valence-electron chi connectivity index (χ0n) is 18.1. The lowest BCUT2D eigenvalue weighted by atomic mass is 9.76. The Morgan fingerprint density at radius 3 is 2.32 bits per heavy atom. The summed E-state index contributed by atoms with van der Waals surface area (Å²) < 4.78 is 56.2. The minimum absolute atomic E-state index is 0.162. The maximum atomic E-state index is 15.0. The molecule has 0 nitrogen and oxygen atoms in total. The van der Waals surface area contributed by atoms with Crippen LogP contribution in [0.3, 0.4) is 0 Å². The molecule has 166 valence electrons. The Bertz CT molecular complexity index is 968. The molecule has 2 aromatic carbocycles. The Morgan fingerprint density at radius 2 is 1.61 bits per heavy atom. The molecule has 0 bridgehead atoms. The number of unbranched alkanes of at least 4 members (excludes halogenated alkanes) is 2. The number of allylic oxidation sites excluding steroid dienone is 1. The average Bonchev–Trinajstić information content (AvgIpc) is 2.78. The molecule has 0 N–H and O–H groups in total. The zero-order chi connectivity index (χ0) is 22.0. The smallest absolute Gasteiger partial charge is 0.194 e. The standard InChI is InChI=1S/C27H30F4/c1-2-3-4-5-17-6-8-18(9-7-17)19-10-12-22(24(28)15-19)20-11-13-23-21(14-20)16-25(29)27(31)26(23)30/h10,12,14-18H,2-9,11,13H2,1H3. The van der Waals surface area contributed by atoms with E-state index in [1.807, 2.05) is 6.07 Å². The van der Waals surface area contributed by atoms with E-state index in [4.69, 9.17) is 0 Å². The molecule has 0 aliphatic heterocycles. The van der Waals surface area contributed by atoms with Crippen LogP contribution in [0.4, 0.5) is 17.6 Å². The van der Waals surface area contributed by atoms with Gasteiger partial charge in [0.25, 0.3) is 0 Å². The van der Waals surface area contributed by atoms with Crippen LogP contribution in [0.5, 0.6) is 0 Å². The summed E-state index contributed by atoms with van der Waals surface area (Å²) >= 11 is 0. The van der Waals surface area contributed by atoms with E-state index in [0.29, 0.717) is 29.0 Å². The fourth-order valence-electron chi connectivity index (χ4n) is 5.28. The Hall–Kier alpha value is -2.10. The minimum Gasteiger partial charge on any atom is -0.206 e. The van der Waals surface area contributed by atoms with Crippen LogP contribution in [0.15, 0.2) is 24.3 Å². The van der Waals surface area contributed by atoms with Crippen LogP contribution < -0.4 is 0 Å². The molecule has 0 heterocycles. The maximum absolute atomic E-state index is 15.0. The van der Waals surface area contributed by atoms with E-state index in [0.717, 1.165) is 30.4 Å². The number of hydrogen-bond acceptors (Lipinski definition) is 0. The van der Waals surface area contributed by atoms with Gasteiger partial charge in [-0.15, -0.1) is 0 Å². The van der Waals surface area contributed by atoms with Gasteiger partial charge < -0.3 is 0 Å². The lowest BCUT2D eigenvalue weighted by molar-refractivity contribution is 0.302. The van der Waals surface area contributed by atoms with E-state index in [1.54, 1.807) is 18.2 Å². The summed E-state index contributed by atoms with van der Waals surface area (Å²) in [4.78, 5) is 0. The number of hydrogen-bond donors (Lipinski definition) is 0. The molecule has 0 saturated heterocycles. The van der Waals surface area contributed by atoms with E-state index < -0.39 is 17.5 Å². The Balaban J connectivity index is 1.48. The van der Waals surface area contributed by atoms with Gasteiger partial charge in [0.15, 0.2) is 17.5 Å². The van der Waals surface area contributed by atoms with Crippen molar-refractivity contribution >= 4 is 11.6 Å². The number of halogens is 4. The second-order valence-electron chi connectivity index (χ2n) is 9.18. The fourth-order valence-corrected chi connectivity index (χ4v) is 5.28. The number of rotatable bonds is 6. The largest absolute Gasteiger partial charge is 0.206 e. The van der Waals surface area contributed by atoms with E-state index in [9.17, 15) is 13.2 Å². The van der Waals surface area contributed by atoms with E-state index in [-0.39, 0.29) is 17.8 Å². The van der Waals surface area contributed by atoms with Crippen molar-refractivity contribution in [3.05, 3.63) is 69.8 Å². The topological polar surface area (TPSA) is 0 Å². The van der Waals surface area contributed by atoms with Crippen LogP contribution in [0.25, 0.3) is 11.6 Å². The molecule has 31 heavy (non-hydrogen) atoms. The molecule has 1 saturated carbocycles. The minimum atomic E-state index is -1.44. The van der Waals surface area contributed by atoms with Crippen LogP contribution in [0.1, 0.15) is 92.9 Å². The van der Waals surface area contributed by atoms with Crippen molar-refractivity contribution in [1.29, 1.82) is 0 Å². The first-order chi connectivity index (χ1) is 15.0. The Labute approximate surface area is 182 Å². The molecule has 1 fully saturated rings. The van der Waals surface area contributed by atoms with Gasteiger partial charge in [-0.2, -0.15) is 0 Å². The number of fused-ring (bicyclic) bond motifs is 1. The molecule has 0 spiro atoms. The molecule has 4 rings (SSSR count). The first-order valence-corrected chi connectivity index (χ1v) is 11.6. The van der Waals surface area contributed by atoms with E-state index in [2.05, 4.69) is 6.92 Å². The molecule has 0 amide bonds. The highest BCUT2D eigenvalue weighted by Crippen LogP contribution is 2.40. The van der Waals surface area contributed by atoms with Crippen molar-refractivity contribution in [1.82, 2.24) is 0 Å². The molecular weight excluding hydrogens is 400 g/mol. The molecule has 2 aliphatic carbocycles. The summed E-state index contributed by atoms with van der Waals surface area (Å²) in [5.41, 5.74) is 2.66. The number of benzene rings is 2. The van der Waals surface area contributed by atoms with Gasteiger partial charge in [-0.05, 0) is 84.8 Å². The van der Waals surface area contributed by atoms with Gasteiger partial charge in [0.1, 0.15) is 5.82 Å². The Morgan fingerprint density at radius 1 is 0.839 bits per heavy atom. The van der Waals surface area contributed by atoms with E-state index >= 15 is 4.39 Å². The average molecular weight is 431 g/mol. The summed E-state index contributed by atoms with van der Waals surface area (Å²) in [6, 6.07) is 6.44. The third kappa shape index (κ3) is 4.73. The third-order valence-electron chi connectivity index (χ3n) is 7.15. The highest BCUT2D eigenvalue weighted by Gasteiger charge is 2.25. The lowest BCUT2D eigenvalue weighted by Gasteiger charge is -2.29. The summed E-state index contributed by atoms with van der Waals surface area (Å²) in [6.07, 6.45) is 12.0. The quantitative estimate of drug-likeness (QED) is 0.244. The van der Waals surface area contributed by atoms with Gasteiger partial charge in [0.2, 0.25) is 0 Å². The predicted molar refractivity (Wildman–Crippen MR) is 118 cm³/mol. The van der Waals surface area contributed by atoms with Crippen LogP contribution in [-0.4, -0.2) is 0 Å². The SMILES string of the molecule is CCCCCC1CCC(c2ccc(C3=Cc4cc(F)c(F)c(F)c4CC3)c(F)c2)CC1. The molecule has 0 aromatic heterocycles. The molecule has 0 atom stereocenters. The fraction of sp³-hybridized carbons (Fsp3) is 0.481. The lowest BCUT2D eigenvalue weighted by Crippen LogP contribution is -2.14. The second kappa shape index (κ2) is 9.58. The van der Waals surface area contributed by atoms with Crippen molar-refractivity contribution < 1.29 is 17.6 Å². The highest BCUT2D eigenvalue weighted by atomic mass is 19.2. The van der Waals surface area contributed by atoms with Crippen molar-refractivity contribution in [2.24, 2.45) is 5.92 Å². The first kappa shape index (κ1) is 22.1. The van der Waals surface area contributed by atoms with Crippen molar-refractivity contribution in [2.45, 2.75) is 77.0 Å². The van der Waals surface area contributed by atoms with Crippen LogP contribution in [0.2, 0.25) is 0 Å². The van der Waals surface area contributed by atoms with Gasteiger partial charge in [-0.25, -0.2) is 17.6 Å². The molecule has 0 radical (unpaired) electrons. The summed E-state index contributed by atoms with van der Waals surface area (Å²) in [6.45, 7) is 2.23. The second-order valence-corrected chi connectivity index (χ2v) is 9.18. The van der Waals surface area contributed by atoms with Gasteiger partial charge in [-0.3, -0.25) is 0 Å². The van der Waals surface area contributed by atoms with Gasteiger partial charge in [-0.1, -0.05) is 50.8 Å². The Kier molecular flexibility index (Phi) is 6.83. The predicted octanol–water partition coefficient (Wildman–Crippen LogP) is 8.58. The summed E-state index contributed by atoms with van der Waals surface area (Å²) in [7, 11) is 0. The highest BCUT2D eigenvalue weighted by molar-refractivity contribution is 5.84. The van der Waals surface area contributed by atoms with Crippen LogP contribution in [0, 0.1) is 29.2 Å². The van der Waals surface area contributed by atoms with Crippen LogP contribution >= 0.6 is 0 Å². The molecule has 0 unspecified atom stereocenters. The molecule has 2 aliphatic rings. The monoisotopic (exact) mass is 430 g/mol. The molecular formula is C27H30F4. The van der Waals surface area contributed by atoms with Crippen LogP contribution in [-0.2, 0) is 6.42 Å². The third-order valence-corrected chi connectivity index (χ3v) is 7.15. The van der Waals surface area contributed by atoms with E-state index in [1.165, 1.54) is 38.5 Å². The first-order valence-electron chi connectivity index (χ1n) is 11.6. The normalized spacial score (nSPS) is 21.0. The maximum Gasteiger partial charge on any atom is 0.194 e. The van der Waals surface area contributed by atoms with Gasteiger partial charge in [0.05, 0.1) is 0 Å². The molecule has 4 heteroatoms. The van der Waals surface area contributed by atoms with Crippen molar-refractivity contribution in [2.75, 3.05) is 0 Å². The van der Waals surface area contributed by atoms with Gasteiger partial charge in [0, 0.05) is 5.56 Å². The zero-order valence-corrected chi connectivity index (χ0v) is 18.1. The summed E-state index contributed by atoms with van der Waals surface area (Å²) in [5, 5.41) is 0. The summed E-state index contributed by atoms with van der Waals surface area (Å²) in [5.74, 6) is -2.86. The van der Waals surface area contributed by atoms with Crippen molar-refractivity contribution in [3.63, 3.8) is 0 Å². The molecule has 2 aromatic rings.